The van der Waals surface area contributed by atoms with Crippen molar-refractivity contribution in [3.05, 3.63) is 35.9 Å². The van der Waals surface area contributed by atoms with Crippen molar-refractivity contribution >= 4 is 11.9 Å². The van der Waals surface area contributed by atoms with Crippen molar-refractivity contribution in [1.82, 2.24) is 5.32 Å². The summed E-state index contributed by atoms with van der Waals surface area (Å²) >= 11 is 0. The molecule has 0 aliphatic carbocycles. The van der Waals surface area contributed by atoms with Crippen molar-refractivity contribution in [2.45, 2.75) is 25.7 Å². The number of alkyl carbamates (subject to hydrolysis) is 1. The predicted molar refractivity (Wildman–Crippen MR) is 60.3 cm³/mol. The van der Waals surface area contributed by atoms with Crippen molar-refractivity contribution in [3.63, 3.8) is 0 Å². The largest absolute Gasteiger partial charge is 0.452 e. The number of ketones is 1. The summed E-state index contributed by atoms with van der Waals surface area (Å²) < 4.78 is 40.9. The fourth-order valence-corrected chi connectivity index (χ4v) is 1.25. The van der Waals surface area contributed by atoms with Crippen molar-refractivity contribution < 1.29 is 27.5 Å². The molecule has 0 unspecified atom stereocenters. The number of Topliss-reactive ketones (excluding diaryl/α,β-unsaturated/α-hetero) is 1. The van der Waals surface area contributed by atoms with Gasteiger partial charge in [0.2, 0.25) is 0 Å². The van der Waals surface area contributed by atoms with E-state index in [1.807, 2.05) is 5.32 Å². The Balaban J connectivity index is 2.42. The van der Waals surface area contributed by atoms with Gasteiger partial charge in [-0.3, -0.25) is 4.79 Å². The molecule has 0 saturated heterocycles. The van der Waals surface area contributed by atoms with Crippen LogP contribution >= 0.6 is 0 Å². The maximum Gasteiger partial charge on any atom is 0.452 e. The molecule has 1 N–H and O–H groups in total. The lowest BCUT2D eigenvalue weighted by Crippen LogP contribution is -2.44. The molecule has 0 aliphatic rings. The summed E-state index contributed by atoms with van der Waals surface area (Å²) in [6.07, 6.45) is -6.06. The fraction of sp³-hybridized carbons (Fsp3) is 0.333. The molecule has 0 fully saturated rings. The van der Waals surface area contributed by atoms with Crippen LogP contribution < -0.4 is 5.32 Å². The first-order valence-corrected chi connectivity index (χ1v) is 5.39. The Bertz CT molecular complexity index is 445. The Morgan fingerprint density at radius 3 is 2.37 bits per heavy atom. The molecular formula is C12H12F3NO3. The highest BCUT2D eigenvalue weighted by molar-refractivity contribution is 5.91. The molecule has 0 saturated carbocycles. The number of rotatable bonds is 4. The molecule has 1 aromatic carbocycles. The summed E-state index contributed by atoms with van der Waals surface area (Å²) in [5, 5.41) is 1.83. The summed E-state index contributed by atoms with van der Waals surface area (Å²) in [4.78, 5) is 22.0. The zero-order valence-electron chi connectivity index (χ0n) is 10.0. The van der Waals surface area contributed by atoms with Crippen LogP contribution in [-0.2, 0) is 16.1 Å². The van der Waals surface area contributed by atoms with Gasteiger partial charge < -0.3 is 10.1 Å². The van der Waals surface area contributed by atoms with Gasteiger partial charge in [-0.25, -0.2) is 4.79 Å². The second-order valence-corrected chi connectivity index (χ2v) is 3.79. The standard InChI is InChI=1S/C12H12F3NO3/c1-8(10(17)12(13,14)15)16-11(18)19-7-9-5-3-2-4-6-9/h2-6,8H,7H2,1H3,(H,16,18)/t8-/m0/s1. The minimum absolute atomic E-state index is 0.0837. The molecule has 0 spiro atoms. The first-order chi connectivity index (χ1) is 8.80. The van der Waals surface area contributed by atoms with Gasteiger partial charge in [-0.2, -0.15) is 13.2 Å². The number of nitrogens with one attached hydrogen (secondary N) is 1. The van der Waals surface area contributed by atoms with Crippen molar-refractivity contribution in [3.8, 4) is 0 Å². The summed E-state index contributed by atoms with van der Waals surface area (Å²) in [5.74, 6) is -2.02. The number of benzene rings is 1. The first kappa shape index (κ1) is 15.0. The van der Waals surface area contributed by atoms with Crippen LogP contribution in [0.25, 0.3) is 0 Å². The van der Waals surface area contributed by atoms with Gasteiger partial charge in [-0.05, 0) is 12.5 Å². The molecular weight excluding hydrogens is 263 g/mol. The highest BCUT2D eigenvalue weighted by Gasteiger charge is 2.42. The lowest BCUT2D eigenvalue weighted by atomic mass is 10.2. The molecule has 0 aromatic heterocycles. The van der Waals surface area contributed by atoms with Gasteiger partial charge in [0.05, 0.1) is 6.04 Å². The smallest absolute Gasteiger partial charge is 0.445 e. The lowest BCUT2D eigenvalue weighted by Gasteiger charge is -2.14. The quantitative estimate of drug-likeness (QED) is 0.918. The minimum atomic E-state index is -4.98. The molecule has 1 rings (SSSR count). The molecule has 0 bridgehead atoms. The summed E-state index contributed by atoms with van der Waals surface area (Å²) in [5.41, 5.74) is 0.687. The summed E-state index contributed by atoms with van der Waals surface area (Å²) in [7, 11) is 0. The van der Waals surface area contributed by atoms with Gasteiger partial charge in [0.1, 0.15) is 6.61 Å². The molecule has 104 valence electrons. The van der Waals surface area contributed by atoms with Gasteiger partial charge in [-0.1, -0.05) is 30.3 Å². The van der Waals surface area contributed by atoms with Crippen LogP contribution in [0.2, 0.25) is 0 Å². The Morgan fingerprint density at radius 2 is 1.84 bits per heavy atom. The van der Waals surface area contributed by atoms with E-state index in [2.05, 4.69) is 0 Å². The molecule has 1 amide bonds. The number of amides is 1. The number of alkyl halides is 3. The van der Waals surface area contributed by atoms with E-state index in [0.717, 1.165) is 6.92 Å². The highest BCUT2D eigenvalue weighted by Crippen LogP contribution is 2.17. The lowest BCUT2D eigenvalue weighted by molar-refractivity contribution is -0.172. The topological polar surface area (TPSA) is 55.4 Å². The minimum Gasteiger partial charge on any atom is -0.445 e. The molecule has 1 atom stereocenters. The van der Waals surface area contributed by atoms with Crippen LogP contribution in [0.15, 0.2) is 30.3 Å². The Hall–Kier alpha value is -2.05. The average Bonchev–Trinajstić information content (AvgIpc) is 2.35. The Labute approximate surface area is 107 Å². The molecule has 0 heterocycles. The van der Waals surface area contributed by atoms with Crippen LogP contribution in [0.5, 0.6) is 0 Å². The van der Waals surface area contributed by atoms with Gasteiger partial charge in [0.25, 0.3) is 5.78 Å². The number of hydrogen-bond acceptors (Lipinski definition) is 3. The maximum absolute atomic E-state index is 12.1. The predicted octanol–water partition coefficient (Wildman–Crippen LogP) is 2.43. The van der Waals surface area contributed by atoms with Crippen LogP contribution in [0.1, 0.15) is 12.5 Å². The number of ether oxygens (including phenoxy) is 1. The van der Waals surface area contributed by atoms with Gasteiger partial charge in [0, 0.05) is 0 Å². The summed E-state index contributed by atoms with van der Waals surface area (Å²) in [6.45, 7) is 0.860. The molecule has 4 nitrogen and oxygen atoms in total. The zero-order valence-corrected chi connectivity index (χ0v) is 10.0. The zero-order chi connectivity index (χ0) is 14.5. The van der Waals surface area contributed by atoms with Gasteiger partial charge in [-0.15, -0.1) is 0 Å². The van der Waals surface area contributed by atoms with Crippen molar-refractivity contribution in [2.24, 2.45) is 0 Å². The van der Waals surface area contributed by atoms with Crippen LogP contribution in [0.4, 0.5) is 18.0 Å². The van der Waals surface area contributed by atoms with E-state index < -0.39 is 24.1 Å². The number of hydrogen-bond donors (Lipinski definition) is 1. The second-order valence-electron chi connectivity index (χ2n) is 3.79. The van der Waals surface area contributed by atoms with E-state index in [1.165, 1.54) is 0 Å². The first-order valence-electron chi connectivity index (χ1n) is 5.39. The molecule has 1 aromatic rings. The maximum atomic E-state index is 12.1. The monoisotopic (exact) mass is 275 g/mol. The number of carbonyl (C=O) groups is 2. The number of halogens is 3. The molecule has 0 aliphatic heterocycles. The molecule has 19 heavy (non-hydrogen) atoms. The van der Waals surface area contributed by atoms with E-state index in [-0.39, 0.29) is 6.61 Å². The average molecular weight is 275 g/mol. The van der Waals surface area contributed by atoms with E-state index in [0.29, 0.717) is 5.56 Å². The van der Waals surface area contributed by atoms with Gasteiger partial charge >= 0.3 is 12.3 Å². The second kappa shape index (κ2) is 6.21. The van der Waals surface area contributed by atoms with E-state index in [4.69, 9.17) is 4.74 Å². The molecule has 7 heteroatoms. The third kappa shape index (κ3) is 4.99. The normalized spacial score (nSPS) is 12.6. The summed E-state index contributed by atoms with van der Waals surface area (Å²) in [6, 6.07) is 6.94. The van der Waals surface area contributed by atoms with Crippen LogP contribution in [0.3, 0.4) is 0 Å². The van der Waals surface area contributed by atoms with E-state index >= 15 is 0 Å². The van der Waals surface area contributed by atoms with E-state index in [9.17, 15) is 22.8 Å². The SMILES string of the molecule is C[C@H](NC(=O)OCc1ccccc1)C(=O)C(F)(F)F. The fourth-order valence-electron chi connectivity index (χ4n) is 1.25. The number of carbonyl (C=O) groups excluding carboxylic acids is 2. The third-order valence-corrected chi connectivity index (χ3v) is 2.22. The van der Waals surface area contributed by atoms with Crippen LogP contribution in [-0.4, -0.2) is 24.1 Å². The van der Waals surface area contributed by atoms with Crippen molar-refractivity contribution in [2.75, 3.05) is 0 Å². The molecule has 0 radical (unpaired) electrons. The Morgan fingerprint density at radius 1 is 1.26 bits per heavy atom. The Kier molecular flexibility index (Phi) is 4.91. The van der Waals surface area contributed by atoms with Gasteiger partial charge in [0.15, 0.2) is 0 Å². The van der Waals surface area contributed by atoms with E-state index in [1.54, 1.807) is 30.3 Å². The highest BCUT2D eigenvalue weighted by atomic mass is 19.4. The third-order valence-electron chi connectivity index (χ3n) is 2.22. The van der Waals surface area contributed by atoms with Crippen molar-refractivity contribution in [1.29, 1.82) is 0 Å². The van der Waals surface area contributed by atoms with Crippen LogP contribution in [0, 0.1) is 0 Å².